The molecule has 0 aliphatic carbocycles. The Labute approximate surface area is 200 Å². The summed E-state index contributed by atoms with van der Waals surface area (Å²) in [6.07, 6.45) is -0.468. The van der Waals surface area contributed by atoms with Crippen LogP contribution in [-0.4, -0.2) is 35.3 Å². The van der Waals surface area contributed by atoms with E-state index in [0.717, 1.165) is 0 Å². The fourth-order valence-corrected chi connectivity index (χ4v) is 3.84. The van der Waals surface area contributed by atoms with E-state index in [1.54, 1.807) is 23.0 Å². The summed E-state index contributed by atoms with van der Waals surface area (Å²) < 4.78 is 56.2. The lowest BCUT2D eigenvalue weighted by atomic mass is 10.1. The van der Waals surface area contributed by atoms with E-state index >= 15 is 0 Å². The van der Waals surface area contributed by atoms with Gasteiger partial charge < -0.3 is 11.1 Å². The fourth-order valence-electron chi connectivity index (χ4n) is 3.84. The van der Waals surface area contributed by atoms with Crippen molar-refractivity contribution in [1.29, 1.82) is 0 Å². The zero-order chi connectivity index (χ0) is 25.8. The number of nitrogens with zero attached hydrogens (tertiary/aromatic N) is 6. The summed E-state index contributed by atoms with van der Waals surface area (Å²) in [4.78, 5) is 21.2. The summed E-state index contributed by atoms with van der Waals surface area (Å²) in [6.45, 7) is 3.90. The number of nitrogens with two attached hydrogens (primary N) is 1. The minimum absolute atomic E-state index is 0.00414. The maximum atomic E-state index is 14.1. The Kier molecular flexibility index (Phi) is 5.34. The number of halogens is 4. The molecule has 0 spiro atoms. The van der Waals surface area contributed by atoms with Gasteiger partial charge in [-0.15, -0.1) is 0 Å². The number of alkyl halides is 3. The molecule has 0 saturated heterocycles. The maximum absolute atomic E-state index is 14.1. The van der Waals surface area contributed by atoms with Crippen LogP contribution >= 0.6 is 0 Å². The summed E-state index contributed by atoms with van der Waals surface area (Å²) in [5, 5.41) is 11.6. The molecule has 184 valence electrons. The molecule has 5 aromatic rings. The molecular weight excluding hydrogens is 480 g/mol. The van der Waals surface area contributed by atoms with E-state index in [9.17, 15) is 22.4 Å². The number of hydrogen-bond acceptors (Lipinski definition) is 6. The summed E-state index contributed by atoms with van der Waals surface area (Å²) in [6, 6.07) is 5.08. The highest BCUT2D eigenvalue weighted by molar-refractivity contribution is 6.09. The molecular formula is C23H18F4N8O. The van der Waals surface area contributed by atoms with E-state index in [0.29, 0.717) is 46.0 Å². The lowest BCUT2D eigenvalue weighted by molar-refractivity contribution is -0.137. The summed E-state index contributed by atoms with van der Waals surface area (Å²) >= 11 is 0. The smallest absolute Gasteiger partial charge is 0.383 e. The SMILES string of the molecule is CC(C)n1nc(-c2ccc3c(C(=O)Nc4cc(C(F)(F)F)ccc4F)cnn3c2)c2c(N)ncnc21. The van der Waals surface area contributed by atoms with E-state index in [2.05, 4.69) is 25.5 Å². The van der Waals surface area contributed by atoms with Crippen molar-refractivity contribution in [1.82, 2.24) is 29.4 Å². The molecule has 0 aliphatic rings. The van der Waals surface area contributed by atoms with Crippen LogP contribution in [0.2, 0.25) is 0 Å². The molecule has 0 radical (unpaired) electrons. The minimum atomic E-state index is -4.69. The third kappa shape index (κ3) is 3.87. The molecule has 5 rings (SSSR count). The minimum Gasteiger partial charge on any atom is -0.383 e. The first-order valence-corrected chi connectivity index (χ1v) is 10.7. The first-order chi connectivity index (χ1) is 17.0. The molecule has 0 atom stereocenters. The number of aromatic nitrogens is 6. The quantitative estimate of drug-likeness (QED) is 0.347. The van der Waals surface area contributed by atoms with Gasteiger partial charge in [-0.3, -0.25) is 4.79 Å². The second-order valence-electron chi connectivity index (χ2n) is 8.30. The van der Waals surface area contributed by atoms with E-state index in [4.69, 9.17) is 5.73 Å². The van der Waals surface area contributed by atoms with Gasteiger partial charge in [-0.25, -0.2) is 23.6 Å². The zero-order valence-electron chi connectivity index (χ0n) is 18.9. The molecule has 0 fully saturated rings. The van der Waals surface area contributed by atoms with Crippen LogP contribution in [0, 0.1) is 5.82 Å². The molecule has 4 aromatic heterocycles. The van der Waals surface area contributed by atoms with Gasteiger partial charge in [0.05, 0.1) is 33.9 Å². The number of pyridine rings is 1. The average Bonchev–Trinajstić information content (AvgIpc) is 3.42. The number of carbonyl (C=O) groups is 1. The molecule has 0 saturated carbocycles. The number of fused-ring (bicyclic) bond motifs is 2. The highest BCUT2D eigenvalue weighted by Gasteiger charge is 2.31. The van der Waals surface area contributed by atoms with E-state index < -0.39 is 29.2 Å². The van der Waals surface area contributed by atoms with Gasteiger partial charge in [0.15, 0.2) is 5.65 Å². The van der Waals surface area contributed by atoms with Gasteiger partial charge in [0.2, 0.25) is 0 Å². The standard InChI is InChI=1S/C23H18F4N8O/c1-11(2)35-21-18(20(28)29-10-30-21)19(33-35)12-3-6-17-14(8-31-34(17)9-12)22(36)32-16-7-13(23(25,26)27)4-5-15(16)24/h3-11H,1-2H3,(H,32,36)(H2,28,29,30). The number of carbonyl (C=O) groups excluding carboxylic acids is 1. The van der Waals surface area contributed by atoms with E-state index in [-0.39, 0.29) is 17.4 Å². The summed E-state index contributed by atoms with van der Waals surface area (Å²) in [5.74, 6) is -1.56. The second kappa shape index (κ2) is 8.29. The van der Waals surface area contributed by atoms with Gasteiger partial charge in [0.1, 0.15) is 23.7 Å². The van der Waals surface area contributed by atoms with Crippen molar-refractivity contribution in [2.45, 2.75) is 26.1 Å². The Morgan fingerprint density at radius 2 is 1.92 bits per heavy atom. The number of rotatable bonds is 4. The van der Waals surface area contributed by atoms with Crippen LogP contribution in [0.5, 0.6) is 0 Å². The normalized spacial score (nSPS) is 12.1. The maximum Gasteiger partial charge on any atom is 0.416 e. The van der Waals surface area contributed by atoms with Crippen LogP contribution in [0.1, 0.15) is 35.8 Å². The van der Waals surface area contributed by atoms with Crippen molar-refractivity contribution >= 4 is 34.0 Å². The number of benzene rings is 1. The van der Waals surface area contributed by atoms with Crippen LogP contribution in [-0.2, 0) is 6.18 Å². The van der Waals surface area contributed by atoms with Gasteiger partial charge in [0.25, 0.3) is 5.91 Å². The topological polar surface area (TPSA) is 116 Å². The van der Waals surface area contributed by atoms with Gasteiger partial charge in [-0.05, 0) is 44.2 Å². The summed E-state index contributed by atoms with van der Waals surface area (Å²) in [7, 11) is 0. The first-order valence-electron chi connectivity index (χ1n) is 10.7. The van der Waals surface area contributed by atoms with Crippen LogP contribution in [0.25, 0.3) is 27.8 Å². The highest BCUT2D eigenvalue weighted by Crippen LogP contribution is 2.33. The molecule has 3 N–H and O–H groups in total. The van der Waals surface area contributed by atoms with Crippen molar-refractivity contribution in [2.24, 2.45) is 0 Å². The molecule has 1 aromatic carbocycles. The molecule has 4 heterocycles. The monoisotopic (exact) mass is 498 g/mol. The number of hydrogen-bond donors (Lipinski definition) is 2. The second-order valence-corrected chi connectivity index (χ2v) is 8.30. The molecule has 0 bridgehead atoms. The molecule has 36 heavy (non-hydrogen) atoms. The molecule has 0 aliphatic heterocycles. The number of amides is 1. The van der Waals surface area contributed by atoms with Gasteiger partial charge in [-0.1, -0.05) is 0 Å². The van der Waals surface area contributed by atoms with Crippen LogP contribution in [0.3, 0.4) is 0 Å². The number of nitrogen functional groups attached to an aromatic ring is 1. The molecule has 1 amide bonds. The molecule has 0 unspecified atom stereocenters. The lowest BCUT2D eigenvalue weighted by Gasteiger charge is -2.10. The number of anilines is 2. The van der Waals surface area contributed by atoms with E-state index in [1.807, 2.05) is 13.8 Å². The van der Waals surface area contributed by atoms with Gasteiger partial charge in [-0.2, -0.15) is 23.4 Å². The average molecular weight is 498 g/mol. The van der Waals surface area contributed by atoms with Crippen molar-refractivity contribution in [3.05, 3.63) is 66.0 Å². The van der Waals surface area contributed by atoms with Gasteiger partial charge >= 0.3 is 6.18 Å². The first kappa shape index (κ1) is 23.2. The van der Waals surface area contributed by atoms with Crippen molar-refractivity contribution < 1.29 is 22.4 Å². The zero-order valence-corrected chi connectivity index (χ0v) is 18.9. The Bertz CT molecular complexity index is 1640. The van der Waals surface area contributed by atoms with Crippen molar-refractivity contribution in [3.8, 4) is 11.3 Å². The van der Waals surface area contributed by atoms with Crippen LogP contribution < -0.4 is 11.1 Å². The largest absolute Gasteiger partial charge is 0.416 e. The Hall–Kier alpha value is -4.55. The third-order valence-corrected chi connectivity index (χ3v) is 5.58. The van der Waals surface area contributed by atoms with Crippen LogP contribution in [0.15, 0.2) is 49.1 Å². The Balaban J connectivity index is 1.52. The predicted molar refractivity (Wildman–Crippen MR) is 124 cm³/mol. The summed E-state index contributed by atoms with van der Waals surface area (Å²) in [5.41, 5.74) is 6.52. The third-order valence-electron chi connectivity index (χ3n) is 5.58. The predicted octanol–water partition coefficient (Wildman–Crippen LogP) is 4.71. The van der Waals surface area contributed by atoms with E-state index in [1.165, 1.54) is 17.0 Å². The Morgan fingerprint density at radius 3 is 2.64 bits per heavy atom. The Morgan fingerprint density at radius 1 is 1.14 bits per heavy atom. The molecule has 13 heteroatoms. The molecule has 9 nitrogen and oxygen atoms in total. The number of nitrogens with one attached hydrogen (secondary N) is 1. The van der Waals surface area contributed by atoms with Crippen molar-refractivity contribution in [3.63, 3.8) is 0 Å². The lowest BCUT2D eigenvalue weighted by Crippen LogP contribution is -2.14. The van der Waals surface area contributed by atoms with Gasteiger partial charge in [0, 0.05) is 17.8 Å². The van der Waals surface area contributed by atoms with Crippen molar-refractivity contribution in [2.75, 3.05) is 11.1 Å². The highest BCUT2D eigenvalue weighted by atomic mass is 19.4. The fraction of sp³-hybridized carbons (Fsp3) is 0.174. The van der Waals surface area contributed by atoms with Crippen LogP contribution in [0.4, 0.5) is 29.1 Å².